The van der Waals surface area contributed by atoms with E-state index in [1.165, 1.54) is 31.4 Å². The van der Waals surface area contributed by atoms with Gasteiger partial charge in [-0.2, -0.15) is 0 Å². The largest absolute Gasteiger partial charge is 0.399 e. The predicted octanol–water partition coefficient (Wildman–Crippen LogP) is 1.42. The molecule has 0 saturated carbocycles. The van der Waals surface area contributed by atoms with Crippen LogP contribution in [0.25, 0.3) is 0 Å². The summed E-state index contributed by atoms with van der Waals surface area (Å²) in [4.78, 5) is 2.60. The Morgan fingerprint density at radius 3 is 2.40 bits per heavy atom. The fourth-order valence-corrected chi connectivity index (χ4v) is 3.57. The van der Waals surface area contributed by atoms with Crippen LogP contribution in [0.4, 0.5) is 5.69 Å². The van der Waals surface area contributed by atoms with Crippen LogP contribution in [-0.2, 0) is 10.0 Å². The van der Waals surface area contributed by atoms with Crippen LogP contribution in [0.15, 0.2) is 29.2 Å². The summed E-state index contributed by atoms with van der Waals surface area (Å²) in [7, 11) is -3.44. The number of rotatable bonds is 5. The monoisotopic (exact) mass is 297 g/mol. The lowest BCUT2D eigenvalue weighted by atomic mass is 10.1. The van der Waals surface area contributed by atoms with E-state index in [-0.39, 0.29) is 10.9 Å². The topological polar surface area (TPSA) is 75.4 Å². The smallest absolute Gasteiger partial charge is 0.240 e. The molecule has 1 atom stereocenters. The van der Waals surface area contributed by atoms with E-state index in [9.17, 15) is 8.42 Å². The molecule has 0 bridgehead atoms. The average Bonchev–Trinajstić information content (AvgIpc) is 2.46. The van der Waals surface area contributed by atoms with Gasteiger partial charge in [-0.1, -0.05) is 6.42 Å². The first-order valence-electron chi connectivity index (χ1n) is 7.08. The fourth-order valence-electron chi connectivity index (χ4n) is 2.45. The van der Waals surface area contributed by atoms with Crippen LogP contribution in [0, 0.1) is 0 Å². The van der Waals surface area contributed by atoms with E-state index in [0.29, 0.717) is 12.2 Å². The van der Waals surface area contributed by atoms with Gasteiger partial charge < -0.3 is 5.73 Å². The van der Waals surface area contributed by atoms with E-state index < -0.39 is 10.0 Å². The Kier molecular flexibility index (Phi) is 5.01. The fraction of sp³-hybridized carbons (Fsp3) is 0.571. The first-order valence-corrected chi connectivity index (χ1v) is 8.56. The zero-order valence-corrected chi connectivity index (χ0v) is 12.7. The maximum atomic E-state index is 12.2. The molecule has 1 fully saturated rings. The SMILES string of the molecule is CC(CNS(=O)(=O)c1ccc(N)cc1)N1CCCCC1. The van der Waals surface area contributed by atoms with Crippen molar-refractivity contribution in [2.24, 2.45) is 0 Å². The van der Waals surface area contributed by atoms with E-state index in [1.54, 1.807) is 12.1 Å². The van der Waals surface area contributed by atoms with Crippen molar-refractivity contribution in [2.45, 2.75) is 37.1 Å². The molecule has 20 heavy (non-hydrogen) atoms. The molecule has 112 valence electrons. The van der Waals surface area contributed by atoms with Gasteiger partial charge in [0.15, 0.2) is 0 Å². The van der Waals surface area contributed by atoms with E-state index >= 15 is 0 Å². The third-order valence-corrected chi connectivity index (χ3v) is 5.21. The normalized spacial score (nSPS) is 18.9. The molecule has 2 rings (SSSR count). The number of anilines is 1. The Bertz CT molecular complexity index is 522. The summed E-state index contributed by atoms with van der Waals surface area (Å²) in [5.41, 5.74) is 6.13. The summed E-state index contributed by atoms with van der Waals surface area (Å²) < 4.78 is 27.0. The number of likely N-dealkylation sites (tertiary alicyclic amines) is 1. The number of hydrogen-bond acceptors (Lipinski definition) is 4. The van der Waals surface area contributed by atoms with Crippen molar-refractivity contribution in [2.75, 3.05) is 25.4 Å². The first-order chi connectivity index (χ1) is 9.49. The number of piperidine rings is 1. The summed E-state index contributed by atoms with van der Waals surface area (Å²) in [5.74, 6) is 0. The molecular weight excluding hydrogens is 274 g/mol. The molecule has 1 aliphatic rings. The highest BCUT2D eigenvalue weighted by atomic mass is 32.2. The van der Waals surface area contributed by atoms with E-state index in [0.717, 1.165) is 13.1 Å². The summed E-state index contributed by atoms with van der Waals surface area (Å²) in [6.07, 6.45) is 3.69. The van der Waals surface area contributed by atoms with Gasteiger partial charge >= 0.3 is 0 Å². The third kappa shape index (κ3) is 3.94. The molecule has 6 heteroatoms. The predicted molar refractivity (Wildman–Crippen MR) is 80.9 cm³/mol. The number of hydrogen-bond donors (Lipinski definition) is 2. The molecule has 0 spiro atoms. The van der Waals surface area contributed by atoms with Gasteiger partial charge in [0, 0.05) is 18.3 Å². The van der Waals surface area contributed by atoms with Crippen LogP contribution in [0.1, 0.15) is 26.2 Å². The third-order valence-electron chi connectivity index (χ3n) is 3.77. The van der Waals surface area contributed by atoms with E-state index in [1.807, 2.05) is 0 Å². The summed E-state index contributed by atoms with van der Waals surface area (Å²) in [6.45, 7) is 4.62. The number of nitrogens with one attached hydrogen (secondary N) is 1. The molecule has 1 unspecified atom stereocenters. The maximum absolute atomic E-state index is 12.2. The van der Waals surface area contributed by atoms with Crippen molar-refractivity contribution in [1.29, 1.82) is 0 Å². The number of nitrogens with zero attached hydrogens (tertiary/aromatic N) is 1. The van der Waals surface area contributed by atoms with Gasteiger partial charge in [-0.3, -0.25) is 4.90 Å². The minimum atomic E-state index is -3.44. The highest BCUT2D eigenvalue weighted by Gasteiger charge is 2.20. The summed E-state index contributed by atoms with van der Waals surface area (Å²) in [5, 5.41) is 0. The molecule has 3 N–H and O–H groups in total. The Balaban J connectivity index is 1.93. The Hall–Kier alpha value is -1.11. The standard InChI is InChI=1S/C14H23N3O2S/c1-12(17-9-3-2-4-10-17)11-16-20(18,19)14-7-5-13(15)6-8-14/h5-8,12,16H,2-4,9-11,15H2,1H3. The molecule has 0 radical (unpaired) electrons. The van der Waals surface area contributed by atoms with E-state index in [4.69, 9.17) is 5.73 Å². The molecule has 1 saturated heterocycles. The quantitative estimate of drug-likeness (QED) is 0.806. The second-order valence-corrected chi connectivity index (χ2v) is 7.13. The van der Waals surface area contributed by atoms with Gasteiger partial charge in [-0.05, 0) is 57.1 Å². The first kappa shape index (κ1) is 15.3. The number of sulfonamides is 1. The van der Waals surface area contributed by atoms with Crippen LogP contribution in [0.2, 0.25) is 0 Å². The minimum absolute atomic E-state index is 0.221. The van der Waals surface area contributed by atoms with Crippen LogP contribution in [-0.4, -0.2) is 39.0 Å². The highest BCUT2D eigenvalue weighted by molar-refractivity contribution is 7.89. The number of nitrogen functional groups attached to an aromatic ring is 1. The average molecular weight is 297 g/mol. The van der Waals surface area contributed by atoms with Crippen LogP contribution in [0.3, 0.4) is 0 Å². The molecule has 0 amide bonds. The van der Waals surface area contributed by atoms with Crippen molar-refractivity contribution < 1.29 is 8.42 Å². The van der Waals surface area contributed by atoms with Crippen molar-refractivity contribution >= 4 is 15.7 Å². The highest BCUT2D eigenvalue weighted by Crippen LogP contribution is 2.14. The van der Waals surface area contributed by atoms with Crippen LogP contribution in [0.5, 0.6) is 0 Å². The molecule has 0 aromatic heterocycles. The molecule has 5 nitrogen and oxygen atoms in total. The zero-order valence-electron chi connectivity index (χ0n) is 11.9. The number of nitrogens with two attached hydrogens (primary N) is 1. The lowest BCUT2D eigenvalue weighted by molar-refractivity contribution is 0.175. The Morgan fingerprint density at radius 2 is 1.80 bits per heavy atom. The molecule has 1 aromatic carbocycles. The van der Waals surface area contributed by atoms with Crippen molar-refractivity contribution in [3.05, 3.63) is 24.3 Å². The summed E-state index contributed by atoms with van der Waals surface area (Å²) in [6, 6.07) is 6.48. The van der Waals surface area contributed by atoms with Crippen molar-refractivity contribution in [3.63, 3.8) is 0 Å². The van der Waals surface area contributed by atoms with Gasteiger partial charge in [-0.25, -0.2) is 13.1 Å². The summed E-state index contributed by atoms with van der Waals surface area (Å²) >= 11 is 0. The molecule has 0 aliphatic carbocycles. The lowest BCUT2D eigenvalue weighted by Crippen LogP contribution is -2.44. The maximum Gasteiger partial charge on any atom is 0.240 e. The zero-order chi connectivity index (χ0) is 14.6. The van der Waals surface area contributed by atoms with Gasteiger partial charge in [0.05, 0.1) is 4.90 Å². The molecule has 1 aromatic rings. The second kappa shape index (κ2) is 6.56. The van der Waals surface area contributed by atoms with Gasteiger partial charge in [0.2, 0.25) is 10.0 Å². The van der Waals surface area contributed by atoms with Crippen molar-refractivity contribution in [1.82, 2.24) is 9.62 Å². The van der Waals surface area contributed by atoms with E-state index in [2.05, 4.69) is 16.5 Å². The Labute approximate surface area is 121 Å². The van der Waals surface area contributed by atoms with Crippen molar-refractivity contribution in [3.8, 4) is 0 Å². The van der Waals surface area contributed by atoms with Gasteiger partial charge in [-0.15, -0.1) is 0 Å². The van der Waals surface area contributed by atoms with Crippen LogP contribution < -0.4 is 10.5 Å². The second-order valence-electron chi connectivity index (χ2n) is 5.37. The van der Waals surface area contributed by atoms with Crippen LogP contribution >= 0.6 is 0 Å². The van der Waals surface area contributed by atoms with Gasteiger partial charge in [0.25, 0.3) is 0 Å². The minimum Gasteiger partial charge on any atom is -0.399 e. The molecular formula is C14H23N3O2S. The molecule has 1 aliphatic heterocycles. The number of benzene rings is 1. The van der Waals surface area contributed by atoms with Gasteiger partial charge in [0.1, 0.15) is 0 Å². The molecule has 1 heterocycles. The Morgan fingerprint density at radius 1 is 1.20 bits per heavy atom. The lowest BCUT2D eigenvalue weighted by Gasteiger charge is -2.32.